The summed E-state index contributed by atoms with van der Waals surface area (Å²) < 4.78 is 21.2. The first-order valence-corrected chi connectivity index (χ1v) is 9.65. The number of hydrogen-bond acceptors (Lipinski definition) is 4. The van der Waals surface area contributed by atoms with E-state index in [1.54, 1.807) is 23.4 Å². The Morgan fingerprint density at radius 1 is 1.24 bits per heavy atom. The Morgan fingerprint density at radius 3 is 2.76 bits per heavy atom. The Kier molecular flexibility index (Phi) is 5.29. The summed E-state index contributed by atoms with van der Waals surface area (Å²) in [6.07, 6.45) is 7.19. The van der Waals surface area contributed by atoms with Crippen molar-refractivity contribution in [3.05, 3.63) is 66.0 Å². The van der Waals surface area contributed by atoms with E-state index < -0.39 is 5.82 Å². The van der Waals surface area contributed by atoms with Gasteiger partial charge in [0.25, 0.3) is 5.91 Å². The highest BCUT2D eigenvalue weighted by Gasteiger charge is 2.28. The fourth-order valence-electron chi connectivity index (χ4n) is 3.95. The number of ether oxygens (including phenoxy) is 1. The fourth-order valence-corrected chi connectivity index (χ4v) is 3.95. The van der Waals surface area contributed by atoms with Crippen LogP contribution in [0.2, 0.25) is 0 Å². The predicted molar refractivity (Wildman–Crippen MR) is 107 cm³/mol. The Bertz CT molecular complexity index is 1020. The minimum atomic E-state index is -0.530. The first kappa shape index (κ1) is 19.1. The van der Waals surface area contributed by atoms with Gasteiger partial charge in [0.1, 0.15) is 5.82 Å². The minimum Gasteiger partial charge on any atom is -0.494 e. The molecule has 1 unspecified atom stereocenters. The van der Waals surface area contributed by atoms with Crippen molar-refractivity contribution in [2.24, 2.45) is 0 Å². The number of nitrogens with zero attached hydrogens (tertiary/aromatic N) is 4. The summed E-state index contributed by atoms with van der Waals surface area (Å²) in [6.45, 7) is 3.24. The van der Waals surface area contributed by atoms with Crippen molar-refractivity contribution in [3.63, 3.8) is 0 Å². The molecule has 3 aromatic rings. The van der Waals surface area contributed by atoms with Gasteiger partial charge in [-0.1, -0.05) is 0 Å². The van der Waals surface area contributed by atoms with Crippen LogP contribution in [-0.2, 0) is 0 Å². The number of imidazole rings is 1. The number of carbonyl (C=O) groups excluding carboxylic acids is 1. The van der Waals surface area contributed by atoms with E-state index >= 15 is 0 Å². The normalized spacial score (nSPS) is 16.7. The number of pyridine rings is 1. The quantitative estimate of drug-likeness (QED) is 0.674. The molecule has 1 saturated heterocycles. The standard InChI is InChI=1S/C22H23FN4O2/c1-15-13-25-21(16-7-9-24-10-8-16)27(15)18-4-3-11-26(14-18)22(28)17-5-6-20(29-2)19(23)12-17/h5-10,12-13,18H,3-4,11,14H2,1-2H3. The number of halogens is 1. The molecule has 1 amide bonds. The third kappa shape index (κ3) is 3.72. The molecule has 1 fully saturated rings. The van der Waals surface area contributed by atoms with Gasteiger partial charge in [-0.15, -0.1) is 0 Å². The molecule has 0 saturated carbocycles. The van der Waals surface area contributed by atoms with Crippen LogP contribution in [0, 0.1) is 12.7 Å². The first-order valence-electron chi connectivity index (χ1n) is 9.65. The van der Waals surface area contributed by atoms with E-state index in [9.17, 15) is 9.18 Å². The number of piperidine rings is 1. The molecule has 150 valence electrons. The molecule has 1 aromatic carbocycles. The molecule has 0 radical (unpaired) electrons. The molecule has 0 N–H and O–H groups in total. The van der Waals surface area contributed by atoms with E-state index in [0.717, 1.165) is 29.9 Å². The molecule has 0 spiro atoms. The summed E-state index contributed by atoms with van der Waals surface area (Å²) >= 11 is 0. The summed E-state index contributed by atoms with van der Waals surface area (Å²) in [6, 6.07) is 8.33. The molecule has 0 bridgehead atoms. The van der Waals surface area contributed by atoms with Gasteiger partial charge in [-0.05, 0) is 50.1 Å². The Labute approximate surface area is 169 Å². The van der Waals surface area contributed by atoms with E-state index in [1.165, 1.54) is 19.2 Å². The summed E-state index contributed by atoms with van der Waals surface area (Å²) in [5.74, 6) is 0.311. The highest BCUT2D eigenvalue weighted by atomic mass is 19.1. The molecular formula is C22H23FN4O2. The zero-order valence-electron chi connectivity index (χ0n) is 16.5. The molecule has 4 rings (SSSR count). The Balaban J connectivity index is 1.59. The second-order valence-corrected chi connectivity index (χ2v) is 7.23. The second-order valence-electron chi connectivity index (χ2n) is 7.23. The van der Waals surface area contributed by atoms with Gasteiger partial charge in [-0.2, -0.15) is 0 Å². The van der Waals surface area contributed by atoms with Crippen molar-refractivity contribution in [3.8, 4) is 17.1 Å². The number of hydrogen-bond donors (Lipinski definition) is 0. The number of rotatable bonds is 4. The zero-order valence-corrected chi connectivity index (χ0v) is 16.5. The molecule has 1 aliphatic rings. The van der Waals surface area contributed by atoms with Crippen LogP contribution in [0.3, 0.4) is 0 Å². The van der Waals surface area contributed by atoms with Gasteiger partial charge in [-0.3, -0.25) is 9.78 Å². The van der Waals surface area contributed by atoms with Crippen LogP contribution in [0.5, 0.6) is 5.75 Å². The highest BCUT2D eigenvalue weighted by Crippen LogP contribution is 2.30. The van der Waals surface area contributed by atoms with Crippen LogP contribution < -0.4 is 4.74 Å². The van der Waals surface area contributed by atoms with Crippen LogP contribution >= 0.6 is 0 Å². The number of methoxy groups -OCH3 is 1. The number of carbonyl (C=O) groups is 1. The summed E-state index contributed by atoms with van der Waals surface area (Å²) in [4.78, 5) is 23.5. The molecule has 0 aliphatic carbocycles. The lowest BCUT2D eigenvalue weighted by Crippen LogP contribution is -2.41. The maximum atomic E-state index is 14.1. The number of benzene rings is 1. The lowest BCUT2D eigenvalue weighted by molar-refractivity contribution is 0.0678. The fraction of sp³-hybridized carbons (Fsp3) is 0.318. The van der Waals surface area contributed by atoms with Crippen molar-refractivity contribution < 1.29 is 13.9 Å². The topological polar surface area (TPSA) is 60.2 Å². The van der Waals surface area contributed by atoms with E-state index in [0.29, 0.717) is 18.7 Å². The molecule has 3 heterocycles. The molecular weight excluding hydrogens is 371 g/mol. The van der Waals surface area contributed by atoms with Gasteiger partial charge in [0, 0.05) is 48.5 Å². The van der Waals surface area contributed by atoms with Crippen molar-refractivity contribution in [2.75, 3.05) is 20.2 Å². The van der Waals surface area contributed by atoms with Crippen molar-refractivity contribution in [2.45, 2.75) is 25.8 Å². The van der Waals surface area contributed by atoms with E-state index in [4.69, 9.17) is 4.74 Å². The lowest BCUT2D eigenvalue weighted by Gasteiger charge is -2.35. The molecule has 2 aromatic heterocycles. The van der Waals surface area contributed by atoms with Gasteiger partial charge >= 0.3 is 0 Å². The van der Waals surface area contributed by atoms with Crippen molar-refractivity contribution in [1.29, 1.82) is 0 Å². The SMILES string of the molecule is COc1ccc(C(=O)N2CCCC(n3c(C)cnc3-c3ccncc3)C2)cc1F. The second kappa shape index (κ2) is 8.03. The smallest absolute Gasteiger partial charge is 0.254 e. The largest absolute Gasteiger partial charge is 0.494 e. The zero-order chi connectivity index (χ0) is 20.4. The van der Waals surface area contributed by atoms with Gasteiger partial charge < -0.3 is 14.2 Å². The average Bonchev–Trinajstić information content (AvgIpc) is 3.15. The van der Waals surface area contributed by atoms with Gasteiger partial charge in [0.05, 0.1) is 13.2 Å². The van der Waals surface area contributed by atoms with E-state index in [1.807, 2.05) is 25.3 Å². The van der Waals surface area contributed by atoms with Crippen LogP contribution in [-0.4, -0.2) is 45.5 Å². The predicted octanol–water partition coefficient (Wildman–Crippen LogP) is 3.88. The van der Waals surface area contributed by atoms with Crippen LogP contribution in [0.4, 0.5) is 4.39 Å². The van der Waals surface area contributed by atoms with Crippen LogP contribution in [0.15, 0.2) is 48.9 Å². The van der Waals surface area contributed by atoms with Crippen molar-refractivity contribution >= 4 is 5.91 Å². The molecule has 29 heavy (non-hydrogen) atoms. The maximum absolute atomic E-state index is 14.1. The molecule has 1 aliphatic heterocycles. The molecule has 6 nitrogen and oxygen atoms in total. The number of aromatic nitrogens is 3. The molecule has 1 atom stereocenters. The summed E-state index contributed by atoms with van der Waals surface area (Å²) in [7, 11) is 1.41. The third-order valence-electron chi connectivity index (χ3n) is 5.37. The maximum Gasteiger partial charge on any atom is 0.254 e. The summed E-state index contributed by atoms with van der Waals surface area (Å²) in [5, 5.41) is 0. The number of amides is 1. The number of aryl methyl sites for hydroxylation is 1. The van der Waals surface area contributed by atoms with Gasteiger partial charge in [0.15, 0.2) is 11.6 Å². The average molecular weight is 394 g/mol. The third-order valence-corrected chi connectivity index (χ3v) is 5.37. The van der Waals surface area contributed by atoms with E-state index in [2.05, 4.69) is 14.5 Å². The monoisotopic (exact) mass is 394 g/mol. The summed E-state index contributed by atoms with van der Waals surface area (Å²) in [5.41, 5.74) is 2.38. The van der Waals surface area contributed by atoms with Crippen LogP contribution in [0.25, 0.3) is 11.4 Å². The highest BCUT2D eigenvalue weighted by molar-refractivity contribution is 5.94. The van der Waals surface area contributed by atoms with Crippen molar-refractivity contribution in [1.82, 2.24) is 19.4 Å². The van der Waals surface area contributed by atoms with Gasteiger partial charge in [-0.25, -0.2) is 9.37 Å². The van der Waals surface area contributed by atoms with Gasteiger partial charge in [0.2, 0.25) is 0 Å². The first-order chi connectivity index (χ1) is 14.1. The lowest BCUT2D eigenvalue weighted by atomic mass is 10.0. The number of likely N-dealkylation sites (tertiary alicyclic amines) is 1. The Morgan fingerprint density at radius 2 is 2.03 bits per heavy atom. The molecule has 7 heteroatoms. The van der Waals surface area contributed by atoms with E-state index in [-0.39, 0.29) is 17.7 Å². The Hall–Kier alpha value is -3.22. The van der Waals surface area contributed by atoms with Crippen LogP contribution in [0.1, 0.15) is 34.9 Å². The minimum absolute atomic E-state index is 0.112.